The normalized spacial score (nSPS) is 12.6. The Bertz CT molecular complexity index is 3930. The summed E-state index contributed by atoms with van der Waals surface area (Å²) in [6, 6.07) is 93.1. The van der Waals surface area contributed by atoms with Crippen LogP contribution in [0.1, 0.15) is 18.4 Å². The Balaban J connectivity index is 0.903. The third-order valence-corrected chi connectivity index (χ3v) is 14.3. The van der Waals surface area contributed by atoms with E-state index in [1.54, 1.807) is 0 Å². The maximum atomic E-state index is 2.45. The summed E-state index contributed by atoms with van der Waals surface area (Å²) in [7, 11) is 0. The molecule has 11 aromatic carbocycles. The molecule has 1 aliphatic carbocycles. The summed E-state index contributed by atoms with van der Waals surface area (Å²) in [5.41, 5.74) is 19.3. The van der Waals surface area contributed by atoms with Crippen molar-refractivity contribution in [1.82, 2.24) is 4.57 Å². The summed E-state index contributed by atoms with van der Waals surface area (Å²) in [6.07, 6.45) is 6.75. The molecular formula is C68H48N2. The summed E-state index contributed by atoms with van der Waals surface area (Å²) < 4.78 is 2.45. The van der Waals surface area contributed by atoms with Crippen LogP contribution in [-0.4, -0.2) is 4.57 Å². The van der Waals surface area contributed by atoms with Gasteiger partial charge in [0.05, 0.1) is 11.0 Å². The van der Waals surface area contributed by atoms with Crippen LogP contribution in [0.15, 0.2) is 273 Å². The monoisotopic (exact) mass is 892 g/mol. The topological polar surface area (TPSA) is 8.17 Å². The quantitative estimate of drug-likeness (QED) is 0.140. The van der Waals surface area contributed by atoms with Gasteiger partial charge in [-0.3, -0.25) is 0 Å². The fourth-order valence-corrected chi connectivity index (χ4v) is 10.9. The van der Waals surface area contributed by atoms with Crippen molar-refractivity contribution < 1.29 is 0 Å². The highest BCUT2D eigenvalue weighted by Gasteiger charge is 2.23. The Hall–Kier alpha value is -8.98. The predicted octanol–water partition coefficient (Wildman–Crippen LogP) is 18.7. The number of aromatic nitrogens is 1. The van der Waals surface area contributed by atoms with Crippen LogP contribution in [0.2, 0.25) is 0 Å². The van der Waals surface area contributed by atoms with E-state index in [0.717, 1.165) is 24.2 Å². The lowest BCUT2D eigenvalue weighted by molar-refractivity contribution is 1.01. The molecule has 0 amide bonds. The highest BCUT2D eigenvalue weighted by atomic mass is 15.1. The Morgan fingerprint density at radius 1 is 0.329 bits per heavy atom. The molecule has 13 rings (SSSR count). The van der Waals surface area contributed by atoms with Gasteiger partial charge < -0.3 is 9.47 Å². The minimum absolute atomic E-state index is 0.930. The Morgan fingerprint density at radius 3 is 1.44 bits per heavy atom. The van der Waals surface area contributed by atoms with Crippen molar-refractivity contribution >= 4 is 60.3 Å². The summed E-state index contributed by atoms with van der Waals surface area (Å²) in [5.74, 6) is 0. The second-order valence-corrected chi connectivity index (χ2v) is 18.4. The van der Waals surface area contributed by atoms with Gasteiger partial charge in [-0.2, -0.15) is 0 Å². The highest BCUT2D eigenvalue weighted by Crippen LogP contribution is 2.44. The minimum Gasteiger partial charge on any atom is -0.311 e. The van der Waals surface area contributed by atoms with Gasteiger partial charge in [0.25, 0.3) is 0 Å². The van der Waals surface area contributed by atoms with Crippen LogP contribution in [0.5, 0.6) is 0 Å². The molecule has 0 atom stereocenters. The van der Waals surface area contributed by atoms with E-state index in [2.05, 4.69) is 276 Å². The summed E-state index contributed by atoms with van der Waals surface area (Å²) in [6.45, 7) is 0. The van der Waals surface area contributed by atoms with E-state index < -0.39 is 0 Å². The standard InChI is InChI=1S/C68H48N2/c1-3-14-47(15-4-1)48-28-30-49(31-29-48)51-36-41-58(42-37-51)69(59-43-38-52(39-44-59)50-32-34-55(35-33-50)62-25-12-18-53-16-7-9-23-61(53)62)60-22-11-19-56(46-60)64-26-13-27-65-68(64)67-63-24-10-8-17-54(63)40-45-66(67)70(65)57-20-5-2-6-21-57/h1-10,12-18,20-46H,11,19H2. The third kappa shape index (κ3) is 7.39. The molecule has 0 bridgehead atoms. The fraction of sp³-hybridized carbons (Fsp3) is 0.0294. The Morgan fingerprint density at radius 2 is 0.800 bits per heavy atom. The van der Waals surface area contributed by atoms with Crippen molar-refractivity contribution in [3.05, 3.63) is 278 Å². The second kappa shape index (κ2) is 17.6. The SMILES string of the molecule is C1=C(c2cccc3c2c2c4ccccc4ccc2n3-c2ccccc2)CCC=C1N(c1ccc(-c2ccc(-c3ccccc3)cc2)cc1)c1ccc(-c2ccc(-c3cccc4ccccc34)cc2)cc1. The van der Waals surface area contributed by atoms with Crippen LogP contribution in [0.3, 0.4) is 0 Å². The van der Waals surface area contributed by atoms with Crippen molar-refractivity contribution in [3.63, 3.8) is 0 Å². The van der Waals surface area contributed by atoms with Crippen molar-refractivity contribution in [3.8, 4) is 50.2 Å². The maximum absolute atomic E-state index is 2.45. The molecule has 0 aliphatic heterocycles. The maximum Gasteiger partial charge on any atom is 0.0547 e. The molecule has 0 fully saturated rings. The number of allylic oxidation sites excluding steroid dienone is 3. The molecule has 330 valence electrons. The summed E-state index contributed by atoms with van der Waals surface area (Å²) in [5, 5.41) is 7.66. The fourth-order valence-electron chi connectivity index (χ4n) is 10.9. The first-order valence-corrected chi connectivity index (χ1v) is 24.4. The molecule has 0 saturated heterocycles. The number of benzene rings is 11. The molecule has 12 aromatic rings. The van der Waals surface area contributed by atoms with Gasteiger partial charge in [-0.05, 0) is 145 Å². The second-order valence-electron chi connectivity index (χ2n) is 18.4. The van der Waals surface area contributed by atoms with E-state index in [1.807, 2.05) is 0 Å². The lowest BCUT2D eigenvalue weighted by atomic mass is 9.91. The van der Waals surface area contributed by atoms with Crippen LogP contribution in [0.4, 0.5) is 11.4 Å². The van der Waals surface area contributed by atoms with E-state index in [9.17, 15) is 0 Å². The van der Waals surface area contributed by atoms with Crippen molar-refractivity contribution in [1.29, 1.82) is 0 Å². The number of para-hydroxylation sites is 1. The lowest BCUT2D eigenvalue weighted by Crippen LogP contribution is -2.17. The average Bonchev–Trinajstić information content (AvgIpc) is 3.79. The smallest absolute Gasteiger partial charge is 0.0547 e. The Labute approximate surface area is 409 Å². The van der Waals surface area contributed by atoms with Gasteiger partial charge in [0.15, 0.2) is 0 Å². The molecule has 1 aliphatic rings. The van der Waals surface area contributed by atoms with E-state index >= 15 is 0 Å². The molecule has 0 N–H and O–H groups in total. The molecule has 2 heteroatoms. The number of nitrogens with zero attached hydrogens (tertiary/aromatic N) is 2. The molecule has 0 unspecified atom stereocenters. The van der Waals surface area contributed by atoms with Crippen LogP contribution in [0.25, 0.3) is 99.1 Å². The van der Waals surface area contributed by atoms with Gasteiger partial charge >= 0.3 is 0 Å². The van der Waals surface area contributed by atoms with Crippen molar-refractivity contribution in [2.45, 2.75) is 12.8 Å². The van der Waals surface area contributed by atoms with E-state index in [1.165, 1.54) is 110 Å². The molecule has 0 spiro atoms. The number of hydrogen-bond acceptors (Lipinski definition) is 1. The zero-order valence-corrected chi connectivity index (χ0v) is 38.7. The molecule has 2 nitrogen and oxygen atoms in total. The van der Waals surface area contributed by atoms with Crippen LogP contribution in [-0.2, 0) is 0 Å². The van der Waals surface area contributed by atoms with Gasteiger partial charge in [0, 0.05) is 33.5 Å². The first-order chi connectivity index (χ1) is 34.7. The van der Waals surface area contributed by atoms with E-state index in [4.69, 9.17) is 0 Å². The summed E-state index contributed by atoms with van der Waals surface area (Å²) in [4.78, 5) is 2.44. The first kappa shape index (κ1) is 41.2. The summed E-state index contributed by atoms with van der Waals surface area (Å²) >= 11 is 0. The van der Waals surface area contributed by atoms with Gasteiger partial charge in [0.1, 0.15) is 0 Å². The average molecular weight is 893 g/mol. The Kier molecular flexibility index (Phi) is 10.4. The predicted molar refractivity (Wildman–Crippen MR) is 298 cm³/mol. The largest absolute Gasteiger partial charge is 0.311 e. The molecule has 1 aromatic heterocycles. The van der Waals surface area contributed by atoms with Crippen molar-refractivity contribution in [2.24, 2.45) is 0 Å². The minimum atomic E-state index is 0.930. The van der Waals surface area contributed by atoms with Crippen molar-refractivity contribution in [2.75, 3.05) is 4.90 Å². The van der Waals surface area contributed by atoms with Gasteiger partial charge in [0.2, 0.25) is 0 Å². The van der Waals surface area contributed by atoms with Gasteiger partial charge in [-0.25, -0.2) is 0 Å². The van der Waals surface area contributed by atoms with Crippen LogP contribution in [0, 0.1) is 0 Å². The number of anilines is 2. The number of rotatable bonds is 9. The first-order valence-electron chi connectivity index (χ1n) is 24.4. The zero-order valence-electron chi connectivity index (χ0n) is 38.7. The van der Waals surface area contributed by atoms with Crippen LogP contribution < -0.4 is 4.90 Å². The lowest BCUT2D eigenvalue weighted by Gasteiger charge is -2.29. The molecule has 0 radical (unpaired) electrons. The van der Waals surface area contributed by atoms with Gasteiger partial charge in [-0.15, -0.1) is 0 Å². The number of fused-ring (bicyclic) bond motifs is 6. The van der Waals surface area contributed by atoms with E-state index in [-0.39, 0.29) is 0 Å². The molecule has 0 saturated carbocycles. The molecule has 70 heavy (non-hydrogen) atoms. The van der Waals surface area contributed by atoms with Crippen LogP contribution >= 0.6 is 0 Å². The molecular weight excluding hydrogens is 845 g/mol. The number of hydrogen-bond donors (Lipinski definition) is 0. The third-order valence-electron chi connectivity index (χ3n) is 14.3. The van der Waals surface area contributed by atoms with E-state index in [0.29, 0.717) is 0 Å². The highest BCUT2D eigenvalue weighted by molar-refractivity contribution is 6.24. The molecule has 1 heterocycles. The van der Waals surface area contributed by atoms with Gasteiger partial charge in [-0.1, -0.05) is 212 Å². The zero-order chi connectivity index (χ0) is 46.4.